The number of aliphatic carboxylic acids is 1. The monoisotopic (exact) mass is 210 g/mol. The minimum atomic E-state index is -0.984. The number of nitrogens with one attached hydrogen (secondary N) is 1. The van der Waals surface area contributed by atoms with E-state index in [0.29, 0.717) is 31.0 Å². The van der Waals surface area contributed by atoms with Crippen molar-refractivity contribution in [2.45, 2.75) is 19.4 Å². The zero-order chi connectivity index (χ0) is 10.8. The minimum absolute atomic E-state index is 0.216. The van der Waals surface area contributed by atoms with E-state index >= 15 is 0 Å². The van der Waals surface area contributed by atoms with Crippen LogP contribution in [0.2, 0.25) is 0 Å². The summed E-state index contributed by atoms with van der Waals surface area (Å²) >= 11 is 0. The number of rotatable bonds is 2. The molecule has 2 rings (SSSR count). The van der Waals surface area contributed by atoms with Gasteiger partial charge in [0, 0.05) is 0 Å². The third kappa shape index (κ3) is 2.04. The van der Waals surface area contributed by atoms with Gasteiger partial charge >= 0.3 is 11.7 Å². The largest absolute Gasteiger partial charge is 0.481 e. The van der Waals surface area contributed by atoms with Crippen molar-refractivity contribution in [1.29, 1.82) is 0 Å². The maximum absolute atomic E-state index is 11.1. The Balaban J connectivity index is 2.47. The average molecular weight is 210 g/mol. The summed E-state index contributed by atoms with van der Waals surface area (Å²) in [7, 11) is 0. The molecular weight excluding hydrogens is 200 g/mol. The highest BCUT2D eigenvalue weighted by Crippen LogP contribution is 2.16. The van der Waals surface area contributed by atoms with E-state index < -0.39 is 11.7 Å². The summed E-state index contributed by atoms with van der Waals surface area (Å²) in [6.45, 7) is 0.854. The fourth-order valence-corrected chi connectivity index (χ4v) is 1.65. The van der Waals surface area contributed by atoms with Crippen LogP contribution < -0.4 is 5.69 Å². The number of hydrogen-bond donors (Lipinski definition) is 2. The second-order valence-corrected chi connectivity index (χ2v) is 3.32. The van der Waals surface area contributed by atoms with Crippen LogP contribution in [-0.2, 0) is 29.0 Å². The molecule has 0 fully saturated rings. The number of carboxylic acids is 1. The van der Waals surface area contributed by atoms with E-state index in [1.165, 1.54) is 0 Å². The van der Waals surface area contributed by atoms with Crippen LogP contribution in [0.25, 0.3) is 0 Å². The van der Waals surface area contributed by atoms with E-state index in [0.717, 1.165) is 5.56 Å². The highest BCUT2D eigenvalue weighted by atomic mass is 16.5. The van der Waals surface area contributed by atoms with Gasteiger partial charge in [-0.05, 0) is 12.0 Å². The maximum Gasteiger partial charge on any atom is 0.345 e. The van der Waals surface area contributed by atoms with Crippen LogP contribution in [0.5, 0.6) is 0 Å². The molecule has 15 heavy (non-hydrogen) atoms. The van der Waals surface area contributed by atoms with Crippen LogP contribution in [0.15, 0.2) is 4.79 Å². The van der Waals surface area contributed by atoms with E-state index in [9.17, 15) is 9.59 Å². The number of fused-ring (bicyclic) bond motifs is 1. The van der Waals surface area contributed by atoms with Gasteiger partial charge in [0.2, 0.25) is 0 Å². The van der Waals surface area contributed by atoms with Crippen LogP contribution in [0.4, 0.5) is 0 Å². The maximum atomic E-state index is 11.1. The second kappa shape index (κ2) is 3.82. The summed E-state index contributed by atoms with van der Waals surface area (Å²) in [5.41, 5.74) is 1.29. The zero-order valence-electron chi connectivity index (χ0n) is 7.95. The Morgan fingerprint density at radius 3 is 3.13 bits per heavy atom. The van der Waals surface area contributed by atoms with Crippen molar-refractivity contribution in [1.82, 2.24) is 9.97 Å². The minimum Gasteiger partial charge on any atom is -0.481 e. The van der Waals surface area contributed by atoms with Crippen molar-refractivity contribution in [3.8, 4) is 0 Å². The number of H-pyrrole nitrogens is 1. The molecule has 6 nitrogen and oxygen atoms in total. The van der Waals surface area contributed by atoms with Gasteiger partial charge in [0.05, 0.1) is 31.0 Å². The summed E-state index contributed by atoms with van der Waals surface area (Å²) in [6, 6.07) is 0. The summed E-state index contributed by atoms with van der Waals surface area (Å²) in [5, 5.41) is 8.68. The Hall–Kier alpha value is -1.69. The van der Waals surface area contributed by atoms with Crippen LogP contribution in [0, 0.1) is 0 Å². The van der Waals surface area contributed by atoms with Gasteiger partial charge in [0.25, 0.3) is 0 Å². The molecule has 1 aromatic heterocycles. The number of carbonyl (C=O) groups is 1. The van der Waals surface area contributed by atoms with Crippen molar-refractivity contribution < 1.29 is 14.6 Å². The fourth-order valence-electron chi connectivity index (χ4n) is 1.65. The third-order valence-electron chi connectivity index (χ3n) is 2.27. The van der Waals surface area contributed by atoms with E-state index in [-0.39, 0.29) is 6.42 Å². The van der Waals surface area contributed by atoms with Gasteiger partial charge in [0.1, 0.15) is 0 Å². The van der Waals surface area contributed by atoms with Crippen LogP contribution in [-0.4, -0.2) is 27.7 Å². The van der Waals surface area contributed by atoms with E-state index in [1.807, 2.05) is 0 Å². The first-order valence-electron chi connectivity index (χ1n) is 4.57. The molecule has 1 aliphatic rings. The summed E-state index contributed by atoms with van der Waals surface area (Å²) in [5.74, 6) is -0.984. The second-order valence-electron chi connectivity index (χ2n) is 3.32. The molecule has 1 aromatic rings. The average Bonchev–Trinajstić information content (AvgIpc) is 2.16. The van der Waals surface area contributed by atoms with Crippen molar-refractivity contribution in [3.05, 3.63) is 27.4 Å². The van der Waals surface area contributed by atoms with E-state index in [4.69, 9.17) is 9.84 Å². The molecular formula is C9H10N2O4. The molecule has 0 bridgehead atoms. The lowest BCUT2D eigenvalue weighted by molar-refractivity contribution is -0.136. The molecule has 2 N–H and O–H groups in total. The molecule has 80 valence electrons. The molecule has 2 heterocycles. The topological polar surface area (TPSA) is 92.3 Å². The number of carboxylic acid groups (broad SMARTS) is 1. The normalized spacial score (nSPS) is 14.7. The molecule has 0 atom stereocenters. The lowest BCUT2D eigenvalue weighted by atomic mass is 10.0. The fraction of sp³-hybridized carbons (Fsp3) is 0.444. The molecule has 0 saturated heterocycles. The Morgan fingerprint density at radius 2 is 2.40 bits per heavy atom. The summed E-state index contributed by atoms with van der Waals surface area (Å²) in [4.78, 5) is 27.9. The predicted octanol–water partition coefficient (Wildman–Crippen LogP) is -0.530. The van der Waals surface area contributed by atoms with Gasteiger partial charge in [0.15, 0.2) is 0 Å². The van der Waals surface area contributed by atoms with E-state index in [1.54, 1.807) is 0 Å². The third-order valence-corrected chi connectivity index (χ3v) is 2.27. The molecule has 0 aromatic carbocycles. The van der Waals surface area contributed by atoms with Crippen molar-refractivity contribution in [2.24, 2.45) is 0 Å². The first-order valence-corrected chi connectivity index (χ1v) is 4.57. The number of ether oxygens (including phenoxy) is 1. The van der Waals surface area contributed by atoms with Crippen molar-refractivity contribution >= 4 is 5.97 Å². The van der Waals surface area contributed by atoms with Gasteiger partial charge in [-0.2, -0.15) is 4.98 Å². The Kier molecular flexibility index (Phi) is 2.51. The number of nitrogens with zero attached hydrogens (tertiary/aromatic N) is 1. The summed E-state index contributed by atoms with van der Waals surface area (Å²) < 4.78 is 5.17. The van der Waals surface area contributed by atoms with E-state index in [2.05, 4.69) is 9.97 Å². The first kappa shape index (κ1) is 9.85. The Labute approximate surface area is 84.9 Å². The lowest BCUT2D eigenvalue weighted by Gasteiger charge is -2.17. The van der Waals surface area contributed by atoms with Crippen LogP contribution >= 0.6 is 0 Å². The Bertz CT molecular complexity index is 452. The first-order chi connectivity index (χ1) is 7.16. The quantitative estimate of drug-likeness (QED) is 0.684. The van der Waals surface area contributed by atoms with Gasteiger partial charge in [-0.1, -0.05) is 0 Å². The smallest absolute Gasteiger partial charge is 0.345 e. The molecule has 0 radical (unpaired) electrons. The van der Waals surface area contributed by atoms with Gasteiger partial charge in [-0.3, -0.25) is 4.79 Å². The molecule has 6 heteroatoms. The van der Waals surface area contributed by atoms with Crippen molar-refractivity contribution in [2.75, 3.05) is 6.61 Å². The highest BCUT2D eigenvalue weighted by Gasteiger charge is 2.17. The highest BCUT2D eigenvalue weighted by molar-refractivity contribution is 5.70. The van der Waals surface area contributed by atoms with Gasteiger partial charge in [-0.25, -0.2) is 4.79 Å². The molecule has 0 saturated carbocycles. The standard InChI is InChI=1S/C9H10N2O4/c12-8(13)3-6-5-1-2-15-4-7(5)11-9(14)10-6/h1-4H2,(H,12,13)(H,10,11,14). The Morgan fingerprint density at radius 1 is 1.60 bits per heavy atom. The van der Waals surface area contributed by atoms with Crippen molar-refractivity contribution in [3.63, 3.8) is 0 Å². The lowest BCUT2D eigenvalue weighted by Crippen LogP contribution is -2.24. The number of aromatic amines is 1. The number of aromatic nitrogens is 2. The predicted molar refractivity (Wildman–Crippen MR) is 49.6 cm³/mol. The van der Waals surface area contributed by atoms with Gasteiger partial charge in [-0.15, -0.1) is 0 Å². The summed E-state index contributed by atoms with van der Waals surface area (Å²) in [6.07, 6.45) is 0.383. The molecule has 1 aliphatic heterocycles. The molecule has 0 unspecified atom stereocenters. The SMILES string of the molecule is O=C(O)Cc1nc(=O)[nH]c2c1CCOC2. The molecule has 0 amide bonds. The number of hydrogen-bond acceptors (Lipinski definition) is 4. The molecule has 0 spiro atoms. The zero-order valence-corrected chi connectivity index (χ0v) is 7.95. The van der Waals surface area contributed by atoms with Gasteiger partial charge < -0.3 is 14.8 Å². The van der Waals surface area contributed by atoms with Crippen LogP contribution in [0.1, 0.15) is 17.0 Å². The van der Waals surface area contributed by atoms with Crippen LogP contribution in [0.3, 0.4) is 0 Å². The molecule has 0 aliphatic carbocycles.